The van der Waals surface area contributed by atoms with Crippen LogP contribution in [0.4, 0.5) is 16.4 Å². The minimum atomic E-state index is -0.157. The SMILES string of the molecule is O=C(Nc1cn2nc(N3CCOCC3)ccc2n1)N1CCOCC1. The molecular weight excluding hydrogens is 312 g/mol. The number of carbonyl (C=O) groups is 1. The van der Waals surface area contributed by atoms with Crippen molar-refractivity contribution in [3.8, 4) is 0 Å². The summed E-state index contributed by atoms with van der Waals surface area (Å²) in [6, 6.07) is 3.69. The van der Waals surface area contributed by atoms with Gasteiger partial charge in [-0.2, -0.15) is 0 Å². The Labute approximate surface area is 139 Å². The van der Waals surface area contributed by atoms with Crippen LogP contribution in [0.2, 0.25) is 0 Å². The standard InChI is InChI=1S/C15H20N6O3/c22-15(20-5-9-24-10-6-20)17-12-11-21-13(16-12)1-2-14(18-21)19-3-7-23-8-4-19/h1-2,11H,3-10H2,(H,17,22). The predicted octanol–water partition coefficient (Wildman–Crippen LogP) is 0.430. The smallest absolute Gasteiger partial charge is 0.323 e. The lowest BCUT2D eigenvalue weighted by Gasteiger charge is -2.27. The van der Waals surface area contributed by atoms with Crippen molar-refractivity contribution < 1.29 is 14.3 Å². The number of aromatic nitrogens is 3. The number of fused-ring (bicyclic) bond motifs is 1. The van der Waals surface area contributed by atoms with Crippen LogP contribution in [0.1, 0.15) is 0 Å². The molecule has 4 rings (SSSR count). The van der Waals surface area contributed by atoms with E-state index >= 15 is 0 Å². The number of anilines is 2. The highest BCUT2D eigenvalue weighted by Gasteiger charge is 2.18. The summed E-state index contributed by atoms with van der Waals surface area (Å²) in [4.78, 5) is 20.5. The molecule has 9 heteroatoms. The summed E-state index contributed by atoms with van der Waals surface area (Å²) in [7, 11) is 0. The number of hydrogen-bond acceptors (Lipinski definition) is 6. The molecular formula is C15H20N6O3. The monoisotopic (exact) mass is 332 g/mol. The van der Waals surface area contributed by atoms with Crippen LogP contribution in [0.15, 0.2) is 18.3 Å². The van der Waals surface area contributed by atoms with E-state index in [1.165, 1.54) is 0 Å². The summed E-state index contributed by atoms with van der Waals surface area (Å²) in [5.41, 5.74) is 0.698. The molecule has 9 nitrogen and oxygen atoms in total. The van der Waals surface area contributed by atoms with E-state index in [1.807, 2.05) is 12.1 Å². The van der Waals surface area contributed by atoms with Crippen LogP contribution < -0.4 is 10.2 Å². The number of imidazole rings is 1. The van der Waals surface area contributed by atoms with Crippen molar-refractivity contribution in [3.63, 3.8) is 0 Å². The van der Waals surface area contributed by atoms with Gasteiger partial charge in [-0.25, -0.2) is 14.3 Å². The van der Waals surface area contributed by atoms with Gasteiger partial charge in [0.15, 0.2) is 11.5 Å². The summed E-state index contributed by atoms with van der Waals surface area (Å²) in [5, 5.41) is 7.40. The van der Waals surface area contributed by atoms with Gasteiger partial charge in [0.05, 0.1) is 32.6 Å². The van der Waals surface area contributed by atoms with Gasteiger partial charge in [-0.1, -0.05) is 0 Å². The molecule has 2 saturated heterocycles. The number of hydrogen-bond donors (Lipinski definition) is 1. The molecule has 2 fully saturated rings. The van der Waals surface area contributed by atoms with Crippen molar-refractivity contribution in [2.24, 2.45) is 0 Å². The van der Waals surface area contributed by atoms with Gasteiger partial charge in [-0.3, -0.25) is 5.32 Å². The van der Waals surface area contributed by atoms with E-state index in [9.17, 15) is 4.79 Å². The van der Waals surface area contributed by atoms with Crippen LogP contribution in [0.3, 0.4) is 0 Å². The number of nitrogens with one attached hydrogen (secondary N) is 1. The van der Waals surface area contributed by atoms with Crippen molar-refractivity contribution in [2.75, 3.05) is 62.8 Å². The minimum Gasteiger partial charge on any atom is -0.378 e. The maximum absolute atomic E-state index is 12.2. The van der Waals surface area contributed by atoms with Crippen LogP contribution in [0, 0.1) is 0 Å². The summed E-state index contributed by atoms with van der Waals surface area (Å²) in [6.45, 7) is 5.42. The highest BCUT2D eigenvalue weighted by atomic mass is 16.5. The summed E-state index contributed by atoms with van der Waals surface area (Å²) in [6.07, 6.45) is 1.73. The third kappa shape index (κ3) is 3.13. The minimum absolute atomic E-state index is 0.157. The Hall–Kier alpha value is -2.39. The number of ether oxygens (including phenoxy) is 2. The van der Waals surface area contributed by atoms with Gasteiger partial charge >= 0.3 is 6.03 Å². The molecule has 0 aliphatic carbocycles. The molecule has 4 heterocycles. The molecule has 24 heavy (non-hydrogen) atoms. The first-order chi connectivity index (χ1) is 11.8. The lowest BCUT2D eigenvalue weighted by Crippen LogP contribution is -2.43. The summed E-state index contributed by atoms with van der Waals surface area (Å²) >= 11 is 0. The topological polar surface area (TPSA) is 84.2 Å². The Balaban J connectivity index is 1.49. The number of rotatable bonds is 2. The second-order valence-corrected chi connectivity index (χ2v) is 5.75. The molecule has 2 amide bonds. The van der Waals surface area contributed by atoms with E-state index < -0.39 is 0 Å². The first-order valence-electron chi connectivity index (χ1n) is 8.12. The molecule has 2 aliphatic rings. The zero-order valence-electron chi connectivity index (χ0n) is 13.3. The Morgan fingerprint density at radius 3 is 2.50 bits per heavy atom. The van der Waals surface area contributed by atoms with Crippen molar-refractivity contribution in [3.05, 3.63) is 18.3 Å². The lowest BCUT2D eigenvalue weighted by atomic mass is 10.4. The van der Waals surface area contributed by atoms with Gasteiger partial charge in [-0.05, 0) is 12.1 Å². The van der Waals surface area contributed by atoms with Crippen LogP contribution in [-0.2, 0) is 9.47 Å². The highest BCUT2D eigenvalue weighted by molar-refractivity contribution is 5.88. The quantitative estimate of drug-likeness (QED) is 0.859. The van der Waals surface area contributed by atoms with E-state index in [4.69, 9.17) is 9.47 Å². The van der Waals surface area contributed by atoms with Crippen LogP contribution in [0.25, 0.3) is 5.65 Å². The molecule has 2 aromatic rings. The molecule has 0 bridgehead atoms. The molecule has 2 aliphatic heterocycles. The molecule has 0 aromatic carbocycles. The van der Waals surface area contributed by atoms with Crippen molar-refractivity contribution in [1.29, 1.82) is 0 Å². The van der Waals surface area contributed by atoms with Gasteiger partial charge in [0.1, 0.15) is 5.82 Å². The fourth-order valence-electron chi connectivity index (χ4n) is 2.85. The second-order valence-electron chi connectivity index (χ2n) is 5.75. The van der Waals surface area contributed by atoms with E-state index in [0.717, 1.165) is 18.9 Å². The highest BCUT2D eigenvalue weighted by Crippen LogP contribution is 2.16. The fourth-order valence-corrected chi connectivity index (χ4v) is 2.85. The fraction of sp³-hybridized carbons (Fsp3) is 0.533. The van der Waals surface area contributed by atoms with E-state index in [2.05, 4.69) is 20.3 Å². The number of carbonyl (C=O) groups excluding carboxylic acids is 1. The van der Waals surface area contributed by atoms with E-state index in [0.29, 0.717) is 51.0 Å². The van der Waals surface area contributed by atoms with Crippen LogP contribution in [-0.4, -0.2) is 78.1 Å². The predicted molar refractivity (Wildman–Crippen MR) is 87.4 cm³/mol. The first-order valence-corrected chi connectivity index (χ1v) is 8.12. The molecule has 0 atom stereocenters. The molecule has 0 saturated carbocycles. The van der Waals surface area contributed by atoms with Crippen molar-refractivity contribution >= 4 is 23.3 Å². The molecule has 0 spiro atoms. The van der Waals surface area contributed by atoms with Gasteiger partial charge in [0.25, 0.3) is 0 Å². The Bertz CT molecular complexity index is 721. The van der Waals surface area contributed by atoms with Gasteiger partial charge in [-0.15, -0.1) is 5.10 Å². The van der Waals surface area contributed by atoms with Crippen molar-refractivity contribution in [1.82, 2.24) is 19.5 Å². The zero-order valence-corrected chi connectivity index (χ0v) is 13.3. The number of urea groups is 1. The summed E-state index contributed by atoms with van der Waals surface area (Å²) < 4.78 is 12.3. The van der Waals surface area contributed by atoms with E-state index in [1.54, 1.807) is 15.6 Å². The zero-order chi connectivity index (χ0) is 16.4. The summed E-state index contributed by atoms with van der Waals surface area (Å²) in [5.74, 6) is 1.38. The molecule has 0 radical (unpaired) electrons. The Morgan fingerprint density at radius 2 is 1.75 bits per heavy atom. The molecule has 0 unspecified atom stereocenters. The van der Waals surface area contributed by atoms with Crippen LogP contribution in [0.5, 0.6) is 0 Å². The maximum atomic E-state index is 12.2. The average molecular weight is 332 g/mol. The number of amides is 2. The van der Waals surface area contributed by atoms with Crippen molar-refractivity contribution in [2.45, 2.75) is 0 Å². The normalized spacial score (nSPS) is 18.8. The van der Waals surface area contributed by atoms with E-state index in [-0.39, 0.29) is 6.03 Å². The largest absolute Gasteiger partial charge is 0.378 e. The average Bonchev–Trinajstić information content (AvgIpc) is 3.04. The van der Waals surface area contributed by atoms with Gasteiger partial charge < -0.3 is 19.3 Å². The van der Waals surface area contributed by atoms with Gasteiger partial charge in [0.2, 0.25) is 0 Å². The Kier molecular flexibility index (Phi) is 4.18. The molecule has 2 aromatic heterocycles. The number of morpholine rings is 2. The molecule has 128 valence electrons. The maximum Gasteiger partial charge on any atom is 0.323 e. The second kappa shape index (κ2) is 6.62. The lowest BCUT2D eigenvalue weighted by molar-refractivity contribution is 0.0564. The number of nitrogens with zero attached hydrogens (tertiary/aromatic N) is 5. The third-order valence-corrected chi connectivity index (χ3v) is 4.17. The third-order valence-electron chi connectivity index (χ3n) is 4.17. The Morgan fingerprint density at radius 1 is 1.04 bits per heavy atom. The molecule has 1 N–H and O–H groups in total. The first kappa shape index (κ1) is 15.2. The van der Waals surface area contributed by atoms with Gasteiger partial charge in [0, 0.05) is 26.2 Å². The van der Waals surface area contributed by atoms with Crippen LogP contribution >= 0.6 is 0 Å².